The maximum atomic E-state index is 5.33. The van der Waals surface area contributed by atoms with Crippen molar-refractivity contribution >= 4 is 12.2 Å². The summed E-state index contributed by atoms with van der Waals surface area (Å²) in [6.45, 7) is 3.91. The smallest absolute Gasteiger partial charge is 0.133 e. The summed E-state index contributed by atoms with van der Waals surface area (Å²) >= 11 is 0. The topological polar surface area (TPSA) is 39.2 Å². The van der Waals surface area contributed by atoms with Crippen molar-refractivity contribution in [2.24, 2.45) is 5.73 Å². The van der Waals surface area contributed by atoms with Gasteiger partial charge in [0.2, 0.25) is 0 Å². The van der Waals surface area contributed by atoms with E-state index < -0.39 is 0 Å². The molecule has 0 spiro atoms. The van der Waals surface area contributed by atoms with E-state index in [2.05, 4.69) is 0 Å². The zero-order valence-corrected chi connectivity index (χ0v) is 7.37. The van der Waals surface area contributed by atoms with Crippen molar-refractivity contribution in [1.29, 1.82) is 0 Å². The molecule has 0 amide bonds. The Morgan fingerprint density at radius 3 is 2.92 bits per heavy atom. The second-order valence-electron chi connectivity index (χ2n) is 2.58. The molecule has 2 heteroatoms. The minimum Gasteiger partial charge on any atom is -0.464 e. The molecule has 0 aliphatic heterocycles. The highest BCUT2D eigenvalue weighted by atomic mass is 16.3. The number of hydrogen-bond acceptors (Lipinski definition) is 2. The summed E-state index contributed by atoms with van der Waals surface area (Å²) in [6, 6.07) is 1.93. The lowest BCUT2D eigenvalue weighted by Crippen LogP contribution is -2.18. The van der Waals surface area contributed by atoms with Gasteiger partial charge in [0.15, 0.2) is 0 Å². The van der Waals surface area contributed by atoms with Crippen LogP contribution in [0, 0.1) is 0 Å². The molecular weight excluding hydrogens is 150 g/mol. The Labute approximate surface area is 71.7 Å². The maximum Gasteiger partial charge on any atom is 0.133 e. The van der Waals surface area contributed by atoms with Crippen LogP contribution in [0.3, 0.4) is 0 Å². The average Bonchev–Trinajstić information content (AvgIpc) is 2.51. The molecule has 1 heterocycles. The summed E-state index contributed by atoms with van der Waals surface area (Å²) in [6.07, 6.45) is 7.14. The van der Waals surface area contributed by atoms with Crippen molar-refractivity contribution in [1.82, 2.24) is 0 Å². The van der Waals surface area contributed by atoms with Crippen molar-refractivity contribution in [2.75, 3.05) is 0 Å². The predicted molar refractivity (Wildman–Crippen MR) is 50.5 cm³/mol. The lowest BCUT2D eigenvalue weighted by molar-refractivity contribution is 0.531. The van der Waals surface area contributed by atoms with Crippen LogP contribution < -0.4 is 16.4 Å². The SMILES string of the molecule is C/C=c1/cco/c1=C/C(C)=C\N. The van der Waals surface area contributed by atoms with Gasteiger partial charge in [-0.15, -0.1) is 0 Å². The highest BCUT2D eigenvalue weighted by Gasteiger charge is 1.87. The van der Waals surface area contributed by atoms with E-state index in [1.807, 2.05) is 32.1 Å². The van der Waals surface area contributed by atoms with Crippen molar-refractivity contribution in [3.05, 3.63) is 34.7 Å². The van der Waals surface area contributed by atoms with Gasteiger partial charge >= 0.3 is 0 Å². The van der Waals surface area contributed by atoms with Crippen molar-refractivity contribution in [2.45, 2.75) is 13.8 Å². The number of allylic oxidation sites excluding steroid dienone is 1. The van der Waals surface area contributed by atoms with Crippen LogP contribution in [0.4, 0.5) is 0 Å². The van der Waals surface area contributed by atoms with Gasteiger partial charge in [0.25, 0.3) is 0 Å². The number of rotatable bonds is 1. The number of nitrogens with two attached hydrogens (primary N) is 1. The Bertz CT molecular complexity index is 384. The second kappa shape index (κ2) is 3.81. The summed E-state index contributed by atoms with van der Waals surface area (Å²) in [4.78, 5) is 0. The molecule has 0 fully saturated rings. The summed E-state index contributed by atoms with van der Waals surface area (Å²) in [7, 11) is 0. The summed E-state index contributed by atoms with van der Waals surface area (Å²) in [5, 5.41) is 1.09. The van der Waals surface area contributed by atoms with Crippen molar-refractivity contribution in [3.8, 4) is 0 Å². The van der Waals surface area contributed by atoms with Crippen LogP contribution in [-0.4, -0.2) is 0 Å². The molecule has 0 bridgehead atoms. The summed E-state index contributed by atoms with van der Waals surface area (Å²) < 4.78 is 5.24. The fourth-order valence-electron chi connectivity index (χ4n) is 0.942. The normalized spacial score (nSPS) is 15.7. The fraction of sp³-hybridized carbons (Fsp3) is 0.200. The highest BCUT2D eigenvalue weighted by Crippen LogP contribution is 1.88. The standard InChI is InChI=1S/C10H13NO/c1-3-9-4-5-12-10(9)6-8(2)7-11/h3-7H,11H2,1-2H3/b8-7-,9-3-,10-6+. The van der Waals surface area contributed by atoms with Gasteiger partial charge in [-0.3, -0.25) is 0 Å². The molecule has 0 atom stereocenters. The molecule has 0 unspecified atom stereocenters. The Balaban J connectivity index is 3.28. The molecule has 0 aliphatic carbocycles. The predicted octanol–water partition coefficient (Wildman–Crippen LogP) is 0.723. The van der Waals surface area contributed by atoms with E-state index in [9.17, 15) is 0 Å². The molecule has 64 valence electrons. The molecule has 0 aliphatic rings. The van der Waals surface area contributed by atoms with Gasteiger partial charge < -0.3 is 10.2 Å². The van der Waals surface area contributed by atoms with E-state index in [4.69, 9.17) is 10.2 Å². The third-order valence-electron chi connectivity index (χ3n) is 1.66. The van der Waals surface area contributed by atoms with E-state index in [1.165, 1.54) is 0 Å². The van der Waals surface area contributed by atoms with E-state index in [0.29, 0.717) is 0 Å². The molecule has 2 nitrogen and oxygen atoms in total. The Hall–Kier alpha value is -1.44. The maximum absolute atomic E-state index is 5.33. The average molecular weight is 163 g/mol. The Kier molecular flexibility index (Phi) is 2.75. The van der Waals surface area contributed by atoms with Gasteiger partial charge in [-0.1, -0.05) is 6.08 Å². The Morgan fingerprint density at radius 1 is 1.58 bits per heavy atom. The van der Waals surface area contributed by atoms with Gasteiger partial charge in [-0.25, -0.2) is 0 Å². The van der Waals surface area contributed by atoms with Crippen LogP contribution in [0.2, 0.25) is 0 Å². The molecule has 0 saturated heterocycles. The molecule has 1 rings (SSSR count). The fourth-order valence-corrected chi connectivity index (χ4v) is 0.942. The minimum absolute atomic E-state index is 0.858. The lowest BCUT2D eigenvalue weighted by Gasteiger charge is -1.84. The highest BCUT2D eigenvalue weighted by molar-refractivity contribution is 5.43. The largest absolute Gasteiger partial charge is 0.464 e. The molecule has 1 aromatic rings. The summed E-state index contributed by atoms with van der Waals surface area (Å²) in [5.74, 6) is 0. The molecule has 1 aromatic heterocycles. The zero-order chi connectivity index (χ0) is 8.97. The third kappa shape index (κ3) is 1.78. The second-order valence-corrected chi connectivity index (χ2v) is 2.58. The first-order valence-corrected chi connectivity index (χ1v) is 3.88. The lowest BCUT2D eigenvalue weighted by atomic mass is 10.3. The van der Waals surface area contributed by atoms with Crippen LogP contribution in [0.5, 0.6) is 0 Å². The molecule has 0 radical (unpaired) electrons. The monoisotopic (exact) mass is 163 g/mol. The zero-order valence-electron chi connectivity index (χ0n) is 7.37. The van der Waals surface area contributed by atoms with Crippen LogP contribution in [0.15, 0.2) is 28.5 Å². The van der Waals surface area contributed by atoms with E-state index in [-0.39, 0.29) is 0 Å². The van der Waals surface area contributed by atoms with Gasteiger partial charge in [0.1, 0.15) is 5.42 Å². The van der Waals surface area contributed by atoms with Gasteiger partial charge in [0, 0.05) is 5.22 Å². The van der Waals surface area contributed by atoms with Crippen LogP contribution >= 0.6 is 0 Å². The van der Waals surface area contributed by atoms with Gasteiger partial charge in [0.05, 0.1) is 6.26 Å². The third-order valence-corrected chi connectivity index (χ3v) is 1.66. The van der Waals surface area contributed by atoms with Crippen LogP contribution in [-0.2, 0) is 0 Å². The quantitative estimate of drug-likeness (QED) is 0.662. The van der Waals surface area contributed by atoms with E-state index in [1.54, 1.807) is 12.5 Å². The molecular formula is C10H13NO. The van der Waals surface area contributed by atoms with Crippen molar-refractivity contribution < 1.29 is 4.42 Å². The van der Waals surface area contributed by atoms with E-state index in [0.717, 1.165) is 16.2 Å². The first kappa shape index (κ1) is 8.65. The van der Waals surface area contributed by atoms with E-state index >= 15 is 0 Å². The van der Waals surface area contributed by atoms with Crippen molar-refractivity contribution in [3.63, 3.8) is 0 Å². The van der Waals surface area contributed by atoms with Crippen LogP contribution in [0.1, 0.15) is 13.8 Å². The first-order valence-electron chi connectivity index (χ1n) is 3.88. The molecule has 12 heavy (non-hydrogen) atoms. The molecule has 0 aromatic carbocycles. The number of furan rings is 1. The number of hydrogen-bond donors (Lipinski definition) is 1. The summed E-state index contributed by atoms with van der Waals surface area (Å²) in [5.41, 5.74) is 7.19. The molecule has 0 saturated carbocycles. The van der Waals surface area contributed by atoms with Gasteiger partial charge in [-0.2, -0.15) is 0 Å². The van der Waals surface area contributed by atoms with Gasteiger partial charge in [-0.05, 0) is 37.8 Å². The molecule has 2 N–H and O–H groups in total. The van der Waals surface area contributed by atoms with Crippen LogP contribution in [0.25, 0.3) is 12.2 Å². The first-order chi connectivity index (χ1) is 5.77. The minimum atomic E-state index is 0.858. The Morgan fingerprint density at radius 2 is 2.33 bits per heavy atom.